The van der Waals surface area contributed by atoms with Crippen LogP contribution in [0, 0.1) is 20.2 Å². The molecular formula is C19H20F3N3O7. The highest BCUT2D eigenvalue weighted by molar-refractivity contribution is 5.87. The van der Waals surface area contributed by atoms with Gasteiger partial charge in [0.15, 0.2) is 5.78 Å². The fourth-order valence-corrected chi connectivity index (χ4v) is 3.99. The summed E-state index contributed by atoms with van der Waals surface area (Å²) >= 11 is 0. The Balaban J connectivity index is 2.13. The molecule has 0 aromatic heterocycles. The number of alkyl halides is 3. The average molecular weight is 459 g/mol. The maximum Gasteiger partial charge on any atom is 0.432 e. The first-order chi connectivity index (χ1) is 15.0. The largest absolute Gasteiger partial charge is 0.473 e. The number of benzene rings is 1. The molecular weight excluding hydrogens is 439 g/mol. The van der Waals surface area contributed by atoms with Gasteiger partial charge < -0.3 is 14.4 Å². The fraction of sp³-hybridized carbons (Fsp3) is 0.526. The number of nitro groups is 2. The normalized spacial score (nSPS) is 23.8. The summed E-state index contributed by atoms with van der Waals surface area (Å²) in [6, 6.07) is 0.719. The summed E-state index contributed by atoms with van der Waals surface area (Å²) in [5.74, 6) is -2.12. The molecule has 1 aromatic carbocycles. The van der Waals surface area contributed by atoms with Gasteiger partial charge in [0, 0.05) is 47.8 Å². The van der Waals surface area contributed by atoms with E-state index in [2.05, 4.69) is 0 Å². The second kappa shape index (κ2) is 9.10. The van der Waals surface area contributed by atoms with E-state index in [1.54, 1.807) is 4.90 Å². The summed E-state index contributed by atoms with van der Waals surface area (Å²) < 4.78 is 51.3. The number of hydrogen-bond donors (Lipinski definition) is 0. The van der Waals surface area contributed by atoms with E-state index in [0.29, 0.717) is 32.0 Å². The zero-order valence-electron chi connectivity index (χ0n) is 16.9. The molecule has 0 radical (unpaired) electrons. The summed E-state index contributed by atoms with van der Waals surface area (Å²) in [5, 5.41) is 23.0. The van der Waals surface area contributed by atoms with Crippen LogP contribution in [-0.2, 0) is 9.53 Å². The maximum atomic E-state index is 13.7. The van der Waals surface area contributed by atoms with E-state index in [1.807, 2.05) is 0 Å². The summed E-state index contributed by atoms with van der Waals surface area (Å²) in [5.41, 5.74) is -0.213. The number of fused-ring (bicyclic) bond motifs is 1. The lowest BCUT2D eigenvalue weighted by Crippen LogP contribution is -2.53. The summed E-state index contributed by atoms with van der Waals surface area (Å²) in [7, 11) is 0. The third kappa shape index (κ3) is 4.98. The van der Waals surface area contributed by atoms with Crippen molar-refractivity contribution < 1.29 is 37.3 Å². The number of non-ortho nitro benzene ring substituents is 1. The quantitative estimate of drug-likeness (QED) is 0.361. The Morgan fingerprint density at radius 3 is 2.44 bits per heavy atom. The number of hydrogen-bond acceptors (Lipinski definition) is 8. The van der Waals surface area contributed by atoms with E-state index in [0.717, 1.165) is 18.2 Å². The van der Waals surface area contributed by atoms with Crippen molar-refractivity contribution in [2.24, 2.45) is 0 Å². The van der Waals surface area contributed by atoms with Crippen molar-refractivity contribution in [1.29, 1.82) is 0 Å². The lowest BCUT2D eigenvalue weighted by molar-refractivity contribution is -0.548. The predicted octanol–water partition coefficient (Wildman–Crippen LogP) is 2.84. The number of allylic oxidation sites excluding steroid dienone is 2. The first-order valence-corrected chi connectivity index (χ1v) is 9.68. The molecule has 2 heterocycles. The molecule has 0 spiro atoms. The molecule has 1 saturated heterocycles. The van der Waals surface area contributed by atoms with Gasteiger partial charge >= 0.3 is 6.18 Å². The van der Waals surface area contributed by atoms with Crippen molar-refractivity contribution in [3.05, 3.63) is 55.8 Å². The predicted molar refractivity (Wildman–Crippen MR) is 103 cm³/mol. The number of carbonyl (C=O) groups is 1. The van der Waals surface area contributed by atoms with Gasteiger partial charge in [0.05, 0.1) is 24.1 Å². The maximum absolute atomic E-state index is 13.7. The number of nitrogens with zero attached hydrogens (tertiary/aromatic N) is 3. The van der Waals surface area contributed by atoms with Crippen LogP contribution in [0.15, 0.2) is 30.0 Å². The highest BCUT2D eigenvalue weighted by Gasteiger charge is 2.59. The van der Waals surface area contributed by atoms with Gasteiger partial charge in [0.25, 0.3) is 17.8 Å². The molecule has 0 aliphatic carbocycles. The van der Waals surface area contributed by atoms with E-state index < -0.39 is 39.8 Å². The molecule has 0 saturated carbocycles. The number of rotatable bonds is 6. The molecule has 32 heavy (non-hydrogen) atoms. The Morgan fingerprint density at radius 2 is 1.91 bits per heavy atom. The van der Waals surface area contributed by atoms with Crippen LogP contribution in [0.1, 0.15) is 24.8 Å². The van der Waals surface area contributed by atoms with Gasteiger partial charge in [-0.15, -0.1) is 0 Å². The van der Waals surface area contributed by atoms with Crippen molar-refractivity contribution in [3.63, 3.8) is 0 Å². The SMILES string of the molecule is CC(=O)/C=C(\C[C@@H]1c2cc([N+](=O)[O-])ccc2O[C@@H](C(F)(F)F)[C@H]1[N+](=O)[O-])N1CCOCC1. The highest BCUT2D eigenvalue weighted by atomic mass is 19.4. The van der Waals surface area contributed by atoms with Crippen LogP contribution in [-0.4, -0.2) is 65.2 Å². The van der Waals surface area contributed by atoms with E-state index in [-0.39, 0.29) is 23.5 Å². The van der Waals surface area contributed by atoms with E-state index in [1.165, 1.54) is 13.0 Å². The van der Waals surface area contributed by atoms with E-state index in [9.17, 15) is 38.2 Å². The molecule has 2 aliphatic rings. The Morgan fingerprint density at radius 1 is 1.25 bits per heavy atom. The molecule has 174 valence electrons. The molecule has 3 rings (SSSR count). The Labute approximate surface area is 179 Å². The summed E-state index contributed by atoms with van der Waals surface area (Å²) in [6.07, 6.45) is -6.90. The van der Waals surface area contributed by atoms with Crippen LogP contribution in [0.25, 0.3) is 0 Å². The minimum atomic E-state index is -5.06. The second-order valence-electron chi connectivity index (χ2n) is 7.49. The molecule has 1 fully saturated rings. The fourth-order valence-electron chi connectivity index (χ4n) is 3.99. The smallest absolute Gasteiger partial charge is 0.432 e. The van der Waals surface area contributed by atoms with Crippen LogP contribution in [0.2, 0.25) is 0 Å². The molecule has 3 atom stereocenters. The van der Waals surface area contributed by atoms with Gasteiger partial charge in [0.1, 0.15) is 5.75 Å². The molecule has 2 aliphatic heterocycles. The van der Waals surface area contributed by atoms with Gasteiger partial charge in [-0.25, -0.2) is 0 Å². The third-order valence-electron chi connectivity index (χ3n) is 5.36. The molecule has 0 unspecified atom stereocenters. The van der Waals surface area contributed by atoms with Crippen molar-refractivity contribution in [2.45, 2.75) is 37.6 Å². The standard InChI is InChI=1S/C19H20F3N3O7/c1-11(26)8-13(23-4-6-31-7-5-23)10-15-14-9-12(24(27)28)2-3-16(14)32-18(19(20,21)22)17(15)25(29)30/h2-3,8-9,15,17-18H,4-7,10H2,1H3/b13-8+/t15-,17+,18-/m1/s1. The minimum Gasteiger partial charge on any atom is -0.473 e. The van der Waals surface area contributed by atoms with Crippen molar-refractivity contribution in [3.8, 4) is 5.75 Å². The molecule has 0 N–H and O–H groups in total. The topological polar surface area (TPSA) is 125 Å². The number of carbonyl (C=O) groups excluding carboxylic acids is 1. The van der Waals surface area contributed by atoms with Crippen LogP contribution in [0.4, 0.5) is 18.9 Å². The van der Waals surface area contributed by atoms with Crippen molar-refractivity contribution in [2.75, 3.05) is 26.3 Å². The van der Waals surface area contributed by atoms with Crippen molar-refractivity contribution in [1.82, 2.24) is 4.90 Å². The van der Waals surface area contributed by atoms with Crippen LogP contribution in [0.3, 0.4) is 0 Å². The van der Waals surface area contributed by atoms with Gasteiger partial charge in [-0.3, -0.25) is 25.0 Å². The number of halogens is 3. The zero-order chi connectivity index (χ0) is 23.6. The molecule has 13 heteroatoms. The average Bonchev–Trinajstić information content (AvgIpc) is 2.71. The number of ether oxygens (including phenoxy) is 2. The number of nitro benzene ring substituents is 1. The van der Waals surface area contributed by atoms with Crippen LogP contribution >= 0.6 is 0 Å². The molecule has 0 amide bonds. The van der Waals surface area contributed by atoms with Gasteiger partial charge in [0.2, 0.25) is 0 Å². The lowest BCUT2D eigenvalue weighted by atomic mass is 9.81. The number of morpholine rings is 1. The minimum absolute atomic E-state index is 0.0795. The van der Waals surface area contributed by atoms with Gasteiger partial charge in [-0.2, -0.15) is 13.2 Å². The first kappa shape index (κ1) is 23.4. The second-order valence-corrected chi connectivity index (χ2v) is 7.49. The zero-order valence-corrected chi connectivity index (χ0v) is 16.9. The number of ketones is 1. The van der Waals surface area contributed by atoms with E-state index in [4.69, 9.17) is 9.47 Å². The molecule has 10 nitrogen and oxygen atoms in total. The van der Waals surface area contributed by atoms with Crippen LogP contribution < -0.4 is 4.74 Å². The summed E-state index contributed by atoms with van der Waals surface area (Å²) in [6.45, 7) is 2.57. The van der Waals surface area contributed by atoms with Crippen molar-refractivity contribution >= 4 is 11.5 Å². The highest BCUT2D eigenvalue weighted by Crippen LogP contribution is 2.46. The monoisotopic (exact) mass is 459 g/mol. The van der Waals surface area contributed by atoms with Gasteiger partial charge in [-0.1, -0.05) is 0 Å². The molecule has 0 bridgehead atoms. The third-order valence-corrected chi connectivity index (χ3v) is 5.36. The Kier molecular flexibility index (Phi) is 6.67. The Hall–Kier alpha value is -3.22. The summed E-state index contributed by atoms with van der Waals surface area (Å²) in [4.78, 5) is 34.7. The van der Waals surface area contributed by atoms with Crippen LogP contribution in [0.5, 0.6) is 5.75 Å². The van der Waals surface area contributed by atoms with Gasteiger partial charge in [-0.05, 0) is 19.1 Å². The van der Waals surface area contributed by atoms with E-state index >= 15 is 0 Å². The Bertz CT molecular complexity index is 945. The first-order valence-electron chi connectivity index (χ1n) is 9.68. The molecule has 1 aromatic rings. The lowest BCUT2D eigenvalue weighted by Gasteiger charge is -2.38.